The fourth-order valence-corrected chi connectivity index (χ4v) is 2.59. The van der Waals surface area contributed by atoms with E-state index in [1.807, 2.05) is 11.4 Å². The minimum atomic E-state index is 0.296. The Balaban J connectivity index is 2.33. The van der Waals surface area contributed by atoms with Crippen molar-refractivity contribution in [3.05, 3.63) is 11.4 Å². The number of fused-ring (bicyclic) bond motifs is 1. The van der Waals surface area contributed by atoms with Gasteiger partial charge < -0.3 is 20.1 Å². The summed E-state index contributed by atoms with van der Waals surface area (Å²) in [6.45, 7) is 2.72. The zero-order chi connectivity index (χ0) is 13.7. The van der Waals surface area contributed by atoms with Crippen molar-refractivity contribution in [2.45, 2.75) is 0 Å². The first-order chi connectivity index (χ1) is 9.26. The lowest BCUT2D eigenvalue weighted by Crippen LogP contribution is -2.31. The first kappa shape index (κ1) is 14.0. The molecule has 2 heterocycles. The molecule has 19 heavy (non-hydrogen) atoms. The standard InChI is InChI=1S/C12H18N4O2S/c1-17-6-4-16(5-7-18-2)10-9-3-8-19-11(9)15-12(13)14-10/h3,8H,4-7H2,1-2H3,(H2,13,14,15). The van der Waals surface area contributed by atoms with Crippen molar-refractivity contribution in [1.29, 1.82) is 0 Å². The largest absolute Gasteiger partial charge is 0.383 e. The minimum Gasteiger partial charge on any atom is -0.383 e. The fraction of sp³-hybridized carbons (Fsp3) is 0.500. The molecule has 0 radical (unpaired) electrons. The van der Waals surface area contributed by atoms with Crippen LogP contribution in [0.1, 0.15) is 0 Å². The van der Waals surface area contributed by atoms with E-state index in [2.05, 4.69) is 14.9 Å². The number of ether oxygens (including phenoxy) is 2. The molecule has 0 spiro atoms. The molecule has 104 valence electrons. The topological polar surface area (TPSA) is 73.5 Å². The van der Waals surface area contributed by atoms with Crippen LogP contribution in [0.3, 0.4) is 0 Å². The summed E-state index contributed by atoms with van der Waals surface area (Å²) in [5.74, 6) is 1.14. The van der Waals surface area contributed by atoms with E-state index in [0.717, 1.165) is 29.1 Å². The van der Waals surface area contributed by atoms with Gasteiger partial charge in [0, 0.05) is 27.3 Å². The molecule has 0 saturated heterocycles. The molecule has 0 bridgehead atoms. The van der Waals surface area contributed by atoms with E-state index in [-0.39, 0.29) is 0 Å². The minimum absolute atomic E-state index is 0.296. The first-order valence-corrected chi connectivity index (χ1v) is 6.87. The Bertz CT molecular complexity index is 523. The fourth-order valence-electron chi connectivity index (χ4n) is 1.82. The first-order valence-electron chi connectivity index (χ1n) is 5.99. The normalized spacial score (nSPS) is 11.1. The molecular formula is C12H18N4O2S. The van der Waals surface area contributed by atoms with Crippen LogP contribution < -0.4 is 10.6 Å². The monoisotopic (exact) mass is 282 g/mol. The Morgan fingerprint density at radius 1 is 1.21 bits per heavy atom. The summed E-state index contributed by atoms with van der Waals surface area (Å²) in [7, 11) is 3.37. The number of thiophene rings is 1. The van der Waals surface area contributed by atoms with Crippen molar-refractivity contribution in [2.75, 3.05) is 51.2 Å². The number of hydrogen-bond acceptors (Lipinski definition) is 7. The van der Waals surface area contributed by atoms with Crippen LogP contribution in [0.15, 0.2) is 11.4 Å². The maximum absolute atomic E-state index is 5.77. The van der Waals surface area contributed by atoms with Crippen molar-refractivity contribution in [3.8, 4) is 0 Å². The van der Waals surface area contributed by atoms with Gasteiger partial charge in [-0.15, -0.1) is 11.3 Å². The smallest absolute Gasteiger partial charge is 0.223 e. The van der Waals surface area contributed by atoms with E-state index in [0.29, 0.717) is 19.2 Å². The number of nitrogens with zero attached hydrogens (tertiary/aromatic N) is 3. The summed E-state index contributed by atoms with van der Waals surface area (Å²) >= 11 is 1.56. The molecule has 0 aliphatic heterocycles. The second-order valence-corrected chi connectivity index (χ2v) is 4.91. The van der Waals surface area contributed by atoms with Gasteiger partial charge in [0.25, 0.3) is 0 Å². The van der Waals surface area contributed by atoms with Crippen molar-refractivity contribution in [2.24, 2.45) is 0 Å². The Labute approximate surface area is 116 Å². The average Bonchev–Trinajstić information content (AvgIpc) is 2.86. The van der Waals surface area contributed by atoms with Gasteiger partial charge in [-0.25, -0.2) is 4.98 Å². The summed E-state index contributed by atoms with van der Waals surface area (Å²) in [5, 5.41) is 3.01. The highest BCUT2D eigenvalue weighted by Gasteiger charge is 2.14. The van der Waals surface area contributed by atoms with Gasteiger partial charge >= 0.3 is 0 Å². The number of methoxy groups -OCH3 is 2. The maximum Gasteiger partial charge on any atom is 0.223 e. The van der Waals surface area contributed by atoms with E-state index in [9.17, 15) is 0 Å². The number of aromatic nitrogens is 2. The van der Waals surface area contributed by atoms with Crippen molar-refractivity contribution in [1.82, 2.24) is 9.97 Å². The molecular weight excluding hydrogens is 264 g/mol. The molecule has 6 nitrogen and oxygen atoms in total. The second-order valence-electron chi connectivity index (χ2n) is 4.02. The lowest BCUT2D eigenvalue weighted by Gasteiger charge is -2.23. The summed E-state index contributed by atoms with van der Waals surface area (Å²) in [6.07, 6.45) is 0. The highest BCUT2D eigenvalue weighted by molar-refractivity contribution is 7.16. The van der Waals surface area contributed by atoms with E-state index < -0.39 is 0 Å². The van der Waals surface area contributed by atoms with Crippen LogP contribution in [-0.2, 0) is 9.47 Å². The predicted octanol–water partition coefficient (Wildman–Crippen LogP) is 1.37. The molecule has 2 N–H and O–H groups in total. The van der Waals surface area contributed by atoms with Gasteiger partial charge in [-0.05, 0) is 11.4 Å². The Kier molecular flexibility index (Phi) is 4.89. The van der Waals surface area contributed by atoms with Crippen LogP contribution in [0.25, 0.3) is 10.2 Å². The van der Waals surface area contributed by atoms with E-state index in [1.165, 1.54) is 0 Å². The summed E-state index contributed by atoms with van der Waals surface area (Å²) in [4.78, 5) is 11.6. The van der Waals surface area contributed by atoms with Gasteiger partial charge in [-0.3, -0.25) is 0 Å². The summed E-state index contributed by atoms with van der Waals surface area (Å²) < 4.78 is 10.3. The van der Waals surface area contributed by atoms with Gasteiger partial charge in [0.1, 0.15) is 10.6 Å². The molecule has 0 amide bonds. The maximum atomic E-state index is 5.77. The van der Waals surface area contributed by atoms with Gasteiger partial charge in [-0.2, -0.15) is 4.98 Å². The molecule has 0 fully saturated rings. The highest BCUT2D eigenvalue weighted by Crippen LogP contribution is 2.28. The number of nitrogen functional groups attached to an aromatic ring is 1. The quantitative estimate of drug-likeness (QED) is 0.827. The molecule has 0 aliphatic rings. The molecule has 2 aromatic heterocycles. The van der Waals surface area contributed by atoms with Crippen molar-refractivity contribution >= 4 is 33.3 Å². The number of hydrogen-bond donors (Lipinski definition) is 1. The average molecular weight is 282 g/mol. The molecule has 0 unspecified atom stereocenters. The third-order valence-electron chi connectivity index (χ3n) is 2.75. The van der Waals surface area contributed by atoms with E-state index in [4.69, 9.17) is 15.2 Å². The summed E-state index contributed by atoms with van der Waals surface area (Å²) in [5.41, 5.74) is 5.77. The van der Waals surface area contributed by atoms with Crippen LogP contribution >= 0.6 is 11.3 Å². The summed E-state index contributed by atoms with van der Waals surface area (Å²) in [6, 6.07) is 2.02. The number of anilines is 2. The lowest BCUT2D eigenvalue weighted by molar-refractivity contribution is 0.190. The molecule has 2 aromatic rings. The van der Waals surface area contributed by atoms with Crippen LogP contribution in [0.5, 0.6) is 0 Å². The molecule has 0 atom stereocenters. The second kappa shape index (κ2) is 6.65. The van der Waals surface area contributed by atoms with E-state index in [1.54, 1.807) is 25.6 Å². The third kappa shape index (κ3) is 3.31. The van der Waals surface area contributed by atoms with Crippen molar-refractivity contribution < 1.29 is 9.47 Å². The van der Waals surface area contributed by atoms with Gasteiger partial charge in [0.05, 0.1) is 18.6 Å². The molecule has 0 saturated carbocycles. The SMILES string of the molecule is COCCN(CCOC)c1nc(N)nc2sccc12. The van der Waals surface area contributed by atoms with Gasteiger partial charge in [0.2, 0.25) is 5.95 Å². The molecule has 2 rings (SSSR count). The molecule has 7 heteroatoms. The van der Waals surface area contributed by atoms with Crippen LogP contribution in [0, 0.1) is 0 Å². The van der Waals surface area contributed by atoms with E-state index >= 15 is 0 Å². The van der Waals surface area contributed by atoms with Crippen LogP contribution in [0.4, 0.5) is 11.8 Å². The van der Waals surface area contributed by atoms with Crippen molar-refractivity contribution in [3.63, 3.8) is 0 Å². The number of rotatable bonds is 7. The Morgan fingerprint density at radius 2 is 1.89 bits per heavy atom. The highest BCUT2D eigenvalue weighted by atomic mass is 32.1. The molecule has 0 aromatic carbocycles. The van der Waals surface area contributed by atoms with Crippen LogP contribution in [-0.4, -0.2) is 50.5 Å². The predicted molar refractivity (Wildman–Crippen MR) is 77.8 cm³/mol. The Morgan fingerprint density at radius 3 is 2.53 bits per heavy atom. The van der Waals surface area contributed by atoms with Gasteiger partial charge in [0.15, 0.2) is 0 Å². The number of nitrogens with two attached hydrogens (primary N) is 1. The lowest BCUT2D eigenvalue weighted by atomic mass is 10.3. The zero-order valence-corrected chi connectivity index (χ0v) is 11.9. The molecule has 0 aliphatic carbocycles. The Hall–Kier alpha value is -1.44. The van der Waals surface area contributed by atoms with Gasteiger partial charge in [-0.1, -0.05) is 0 Å². The van der Waals surface area contributed by atoms with Crippen LogP contribution in [0.2, 0.25) is 0 Å². The third-order valence-corrected chi connectivity index (χ3v) is 3.56. The zero-order valence-electron chi connectivity index (χ0n) is 11.1.